The first-order valence-corrected chi connectivity index (χ1v) is 19.0. The Labute approximate surface area is 267 Å². The molecule has 0 fully saturated rings. The molecule has 0 amide bonds. The molecular weight excluding hydrogens is 561 g/mol. The maximum Gasteiger partial charge on any atom is 0.333 e. The number of ether oxygens (including phenoxy) is 1. The van der Waals surface area contributed by atoms with Crippen LogP contribution in [0.3, 0.4) is 0 Å². The monoisotopic (exact) mass is 634 g/mol. The van der Waals surface area contributed by atoms with Gasteiger partial charge in [0.25, 0.3) is 7.82 Å². The molecule has 0 saturated heterocycles. The molecule has 0 aliphatic rings. The van der Waals surface area contributed by atoms with E-state index in [1.54, 1.807) is 6.92 Å². The van der Waals surface area contributed by atoms with E-state index in [2.05, 4.69) is 36.6 Å². The minimum absolute atomic E-state index is 0.253. The second-order valence-corrected chi connectivity index (χ2v) is 14.5. The zero-order valence-electron chi connectivity index (χ0n) is 29.4. The Morgan fingerprint density at radius 2 is 0.930 bits per heavy atom. The van der Waals surface area contributed by atoms with E-state index in [1.807, 2.05) is 0 Å². The standard InChI is InChI=1S/C33H66NO2.C2H7O4P/c1-6-7-8-9-10-11-12-13-14-15-17-20-23-26-29-34(4,5)30-27-24-21-18-16-19-22-25-28-31-36-33(35)32(2)3;1-5-7(3,4)6-2/h2,6-31H2,1,3-5H3;1-2H3,(H,3,4)/q+1;/p-1. The Morgan fingerprint density at radius 1 is 0.628 bits per heavy atom. The van der Waals surface area contributed by atoms with Gasteiger partial charge in [-0.15, -0.1) is 0 Å². The highest BCUT2D eigenvalue weighted by atomic mass is 31.2. The topological polar surface area (TPSA) is 84.9 Å². The number of nitrogens with zero attached hydrogens (tertiary/aromatic N) is 1. The quantitative estimate of drug-likeness (QED) is 0.0257. The van der Waals surface area contributed by atoms with Gasteiger partial charge in [0.15, 0.2) is 0 Å². The molecule has 7 nitrogen and oxygen atoms in total. The van der Waals surface area contributed by atoms with Crippen molar-refractivity contribution in [2.75, 3.05) is 48.0 Å². The summed E-state index contributed by atoms with van der Waals surface area (Å²) in [7, 11) is 3.03. The average Bonchev–Trinajstić information content (AvgIpc) is 2.98. The lowest BCUT2D eigenvalue weighted by Crippen LogP contribution is -2.41. The lowest BCUT2D eigenvalue weighted by molar-refractivity contribution is -0.890. The first-order valence-electron chi connectivity index (χ1n) is 17.6. The molecule has 258 valence electrons. The third-order valence-corrected chi connectivity index (χ3v) is 8.95. The highest BCUT2D eigenvalue weighted by molar-refractivity contribution is 7.45. The zero-order chi connectivity index (χ0) is 32.7. The van der Waals surface area contributed by atoms with Crippen molar-refractivity contribution in [1.82, 2.24) is 0 Å². The molecule has 0 unspecified atom stereocenters. The van der Waals surface area contributed by atoms with Crippen LogP contribution < -0.4 is 4.89 Å². The van der Waals surface area contributed by atoms with Crippen LogP contribution in [0.4, 0.5) is 0 Å². The summed E-state index contributed by atoms with van der Waals surface area (Å²) < 4.78 is 24.0. The minimum Gasteiger partial charge on any atom is -0.756 e. The SMILES string of the molecule is C=C(C)C(=O)OCCCCCCCCCCC[N+](C)(C)CCCCCCCCCCCCCCCC.COP(=O)([O-])OC. The van der Waals surface area contributed by atoms with E-state index in [4.69, 9.17) is 4.74 Å². The Hall–Kier alpha value is -0.720. The molecular formula is C35H72NO6P. The van der Waals surface area contributed by atoms with E-state index < -0.39 is 7.82 Å². The molecule has 0 spiro atoms. The number of carbonyl (C=O) groups is 1. The van der Waals surface area contributed by atoms with Gasteiger partial charge in [0.05, 0.1) is 33.8 Å². The molecule has 0 rings (SSSR count). The fraction of sp³-hybridized carbons (Fsp3) is 0.914. The van der Waals surface area contributed by atoms with Gasteiger partial charge in [0.1, 0.15) is 0 Å². The van der Waals surface area contributed by atoms with E-state index in [0.29, 0.717) is 12.2 Å². The molecule has 43 heavy (non-hydrogen) atoms. The summed E-state index contributed by atoms with van der Waals surface area (Å²) in [5.74, 6) is -0.253. The summed E-state index contributed by atoms with van der Waals surface area (Å²) in [6.07, 6.45) is 31.8. The third-order valence-electron chi connectivity index (χ3n) is 8.05. The lowest BCUT2D eigenvalue weighted by atomic mass is 10.0. The summed E-state index contributed by atoms with van der Waals surface area (Å²) in [6, 6.07) is 0. The van der Waals surface area contributed by atoms with E-state index in [1.165, 1.54) is 152 Å². The number of hydrogen-bond donors (Lipinski definition) is 0. The van der Waals surface area contributed by atoms with E-state index in [9.17, 15) is 14.3 Å². The summed E-state index contributed by atoms with van der Waals surface area (Å²) in [5.41, 5.74) is 0.493. The molecule has 0 aromatic heterocycles. The van der Waals surface area contributed by atoms with Crippen LogP contribution in [0, 0.1) is 0 Å². The van der Waals surface area contributed by atoms with Gasteiger partial charge in [-0.3, -0.25) is 4.57 Å². The van der Waals surface area contributed by atoms with Crippen LogP contribution in [0.1, 0.15) is 162 Å². The van der Waals surface area contributed by atoms with Gasteiger partial charge in [0, 0.05) is 19.8 Å². The molecule has 0 heterocycles. The number of rotatable bonds is 30. The Kier molecular flexibility index (Phi) is 32.3. The predicted molar refractivity (Wildman–Crippen MR) is 181 cm³/mol. The molecule has 0 saturated carbocycles. The van der Waals surface area contributed by atoms with Crippen LogP contribution in [0.5, 0.6) is 0 Å². The Bertz CT molecular complexity index is 677. The highest BCUT2D eigenvalue weighted by Gasteiger charge is 2.13. The number of unbranched alkanes of at least 4 members (excludes halogenated alkanes) is 21. The Balaban J connectivity index is 0. The molecule has 0 atom stereocenters. The smallest absolute Gasteiger partial charge is 0.333 e. The van der Waals surface area contributed by atoms with Crippen molar-refractivity contribution in [3.63, 3.8) is 0 Å². The van der Waals surface area contributed by atoms with Gasteiger partial charge in [-0.25, -0.2) is 4.79 Å². The number of esters is 1. The molecule has 0 aromatic rings. The number of phosphoric acid groups is 1. The number of hydrogen-bond acceptors (Lipinski definition) is 6. The maximum atomic E-state index is 11.3. The van der Waals surface area contributed by atoms with Gasteiger partial charge in [-0.1, -0.05) is 129 Å². The van der Waals surface area contributed by atoms with Crippen molar-refractivity contribution in [2.24, 2.45) is 0 Å². The normalized spacial score (nSPS) is 11.7. The van der Waals surface area contributed by atoms with Gasteiger partial charge >= 0.3 is 5.97 Å². The number of phosphoric ester groups is 1. The highest BCUT2D eigenvalue weighted by Crippen LogP contribution is 2.34. The fourth-order valence-electron chi connectivity index (χ4n) is 5.09. The van der Waals surface area contributed by atoms with Crippen LogP contribution >= 0.6 is 7.82 Å². The minimum atomic E-state index is -3.90. The number of carbonyl (C=O) groups excluding carboxylic acids is 1. The van der Waals surface area contributed by atoms with Gasteiger partial charge < -0.3 is 23.2 Å². The number of quaternary nitrogens is 1. The average molecular weight is 634 g/mol. The summed E-state index contributed by atoms with van der Waals surface area (Å²) in [6.45, 7) is 10.8. The molecule has 0 bridgehead atoms. The van der Waals surface area contributed by atoms with Gasteiger partial charge in [0.2, 0.25) is 0 Å². The largest absolute Gasteiger partial charge is 0.756 e. The van der Waals surface area contributed by atoms with Gasteiger partial charge in [-0.05, 0) is 39.0 Å². The van der Waals surface area contributed by atoms with E-state index >= 15 is 0 Å². The van der Waals surface area contributed by atoms with Crippen LogP contribution in [-0.4, -0.2) is 58.5 Å². The summed E-state index contributed by atoms with van der Waals surface area (Å²) >= 11 is 0. The molecule has 0 aromatic carbocycles. The van der Waals surface area contributed by atoms with E-state index in [-0.39, 0.29) is 5.97 Å². The van der Waals surface area contributed by atoms with Crippen LogP contribution in [0.2, 0.25) is 0 Å². The maximum absolute atomic E-state index is 11.3. The fourth-order valence-corrected chi connectivity index (χ4v) is 5.24. The van der Waals surface area contributed by atoms with E-state index in [0.717, 1.165) is 27.1 Å². The van der Waals surface area contributed by atoms with Crippen molar-refractivity contribution >= 4 is 13.8 Å². The summed E-state index contributed by atoms with van der Waals surface area (Å²) in [5, 5.41) is 0. The molecule has 0 aliphatic carbocycles. The molecule has 0 radical (unpaired) electrons. The van der Waals surface area contributed by atoms with Crippen molar-refractivity contribution in [3.05, 3.63) is 12.2 Å². The van der Waals surface area contributed by atoms with Crippen LogP contribution in [0.15, 0.2) is 12.2 Å². The molecule has 0 aliphatic heterocycles. The Morgan fingerprint density at radius 3 is 1.21 bits per heavy atom. The summed E-state index contributed by atoms with van der Waals surface area (Å²) in [4.78, 5) is 21.3. The van der Waals surface area contributed by atoms with Crippen LogP contribution in [0.25, 0.3) is 0 Å². The molecule has 8 heteroatoms. The zero-order valence-corrected chi connectivity index (χ0v) is 30.3. The first kappa shape index (κ1) is 44.4. The molecule has 0 N–H and O–H groups in total. The second-order valence-electron chi connectivity index (χ2n) is 12.9. The third kappa shape index (κ3) is 35.6. The predicted octanol–water partition coefficient (Wildman–Crippen LogP) is 9.92. The first-order chi connectivity index (χ1) is 20.5. The van der Waals surface area contributed by atoms with Crippen molar-refractivity contribution in [1.29, 1.82) is 0 Å². The van der Waals surface area contributed by atoms with Crippen molar-refractivity contribution in [2.45, 2.75) is 162 Å². The second kappa shape index (κ2) is 31.3. The lowest BCUT2D eigenvalue weighted by Gasteiger charge is -2.30. The van der Waals surface area contributed by atoms with Gasteiger partial charge in [-0.2, -0.15) is 0 Å². The van der Waals surface area contributed by atoms with Crippen LogP contribution in [-0.2, 0) is 23.1 Å². The van der Waals surface area contributed by atoms with Crippen molar-refractivity contribution < 1.29 is 32.5 Å². The van der Waals surface area contributed by atoms with Crippen molar-refractivity contribution in [3.8, 4) is 0 Å².